The second kappa shape index (κ2) is 9.01. The van der Waals surface area contributed by atoms with E-state index in [1.54, 1.807) is 0 Å². The molecule has 146 valence electrons. The number of carbonyl (C=O) groups excluding carboxylic acids is 1. The van der Waals surface area contributed by atoms with Crippen LogP contribution in [0.25, 0.3) is 11.0 Å². The van der Waals surface area contributed by atoms with Crippen LogP contribution in [0, 0.1) is 11.8 Å². The molecule has 1 aromatic carbocycles. The first kappa shape index (κ1) is 19.4. The summed E-state index contributed by atoms with van der Waals surface area (Å²) in [6.07, 6.45) is 2.83. The Hall–Kier alpha value is -2.38. The maximum atomic E-state index is 12.6. The number of H-pyrrole nitrogens is 1. The first-order valence-corrected chi connectivity index (χ1v) is 9.45. The number of allylic oxidation sites excluding steroid dienone is 1. The molecule has 7 nitrogen and oxygen atoms in total. The third kappa shape index (κ3) is 4.67. The van der Waals surface area contributed by atoms with Gasteiger partial charge in [-0.25, -0.2) is 4.98 Å². The highest BCUT2D eigenvalue weighted by atomic mass is 16.7. The van der Waals surface area contributed by atoms with Crippen LogP contribution in [-0.2, 0) is 20.8 Å². The summed E-state index contributed by atoms with van der Waals surface area (Å²) in [5, 5.41) is 11.9. The molecule has 1 amide bonds. The second-order valence-electron chi connectivity index (χ2n) is 6.74. The highest BCUT2D eigenvalue weighted by Gasteiger charge is 2.34. The van der Waals surface area contributed by atoms with Gasteiger partial charge in [-0.15, -0.1) is 0 Å². The van der Waals surface area contributed by atoms with E-state index < -0.39 is 6.29 Å². The number of hydrogen-bond donors (Lipinski definition) is 3. The lowest BCUT2D eigenvalue weighted by molar-refractivity contribution is -0.171. The molecule has 3 atom stereocenters. The Morgan fingerprint density at radius 2 is 2.22 bits per heavy atom. The monoisotopic (exact) mass is 373 g/mol. The van der Waals surface area contributed by atoms with Crippen LogP contribution in [0.2, 0.25) is 0 Å². The average Bonchev–Trinajstić information content (AvgIpc) is 3.08. The van der Waals surface area contributed by atoms with Gasteiger partial charge < -0.3 is 24.9 Å². The predicted molar refractivity (Wildman–Crippen MR) is 101 cm³/mol. The minimum Gasteiger partial charge on any atom is -0.459 e. The maximum absolute atomic E-state index is 12.6. The van der Waals surface area contributed by atoms with E-state index in [9.17, 15) is 4.79 Å². The fraction of sp³-hybridized carbons (Fsp3) is 0.500. The van der Waals surface area contributed by atoms with Gasteiger partial charge in [0.15, 0.2) is 5.76 Å². The number of para-hydroxylation sites is 2. The summed E-state index contributed by atoms with van der Waals surface area (Å²) in [5.74, 6) is 0.916. The van der Waals surface area contributed by atoms with Crippen molar-refractivity contribution in [2.45, 2.75) is 39.5 Å². The van der Waals surface area contributed by atoms with Crippen molar-refractivity contribution in [2.24, 2.45) is 11.8 Å². The summed E-state index contributed by atoms with van der Waals surface area (Å²) in [7, 11) is 0. The van der Waals surface area contributed by atoms with E-state index in [0.29, 0.717) is 18.9 Å². The zero-order valence-electron chi connectivity index (χ0n) is 15.8. The Bertz CT molecular complexity index is 768. The normalized spacial score (nSPS) is 22.3. The Labute approximate surface area is 158 Å². The third-order valence-electron chi connectivity index (χ3n) is 4.79. The lowest BCUT2D eigenvalue weighted by Crippen LogP contribution is -2.39. The highest BCUT2D eigenvalue weighted by molar-refractivity contribution is 5.91. The molecule has 3 rings (SSSR count). The van der Waals surface area contributed by atoms with E-state index >= 15 is 0 Å². The molecule has 7 heteroatoms. The second-order valence-corrected chi connectivity index (χ2v) is 6.74. The van der Waals surface area contributed by atoms with Crippen LogP contribution < -0.4 is 5.32 Å². The molecule has 0 saturated heterocycles. The summed E-state index contributed by atoms with van der Waals surface area (Å²) in [6.45, 7) is 4.87. The number of nitrogens with one attached hydrogen (secondary N) is 2. The fourth-order valence-electron chi connectivity index (χ4n) is 3.38. The molecule has 0 aliphatic carbocycles. The van der Waals surface area contributed by atoms with Crippen molar-refractivity contribution in [3.63, 3.8) is 0 Å². The van der Waals surface area contributed by atoms with Gasteiger partial charge in [0.2, 0.25) is 6.29 Å². The van der Waals surface area contributed by atoms with E-state index in [0.717, 1.165) is 17.5 Å². The molecule has 1 aliphatic heterocycles. The molecule has 27 heavy (non-hydrogen) atoms. The highest BCUT2D eigenvalue weighted by Crippen LogP contribution is 2.32. The largest absolute Gasteiger partial charge is 0.459 e. The maximum Gasteiger partial charge on any atom is 0.286 e. The zero-order chi connectivity index (χ0) is 19.2. The summed E-state index contributed by atoms with van der Waals surface area (Å²) >= 11 is 0. The molecule has 2 aromatic rings. The zero-order valence-corrected chi connectivity index (χ0v) is 15.8. The molecule has 3 N–H and O–H groups in total. The van der Waals surface area contributed by atoms with Crippen molar-refractivity contribution in [1.82, 2.24) is 15.3 Å². The SMILES string of the molecule is CCO[C@H]1OC(C(=O)NCc2nc3ccccc3[nH]2)=C[C@@H](C)[C@H]1CCCO. The number of rotatable bonds is 8. The molecule has 1 aliphatic rings. The smallest absolute Gasteiger partial charge is 0.286 e. The number of carbonyl (C=O) groups is 1. The van der Waals surface area contributed by atoms with Crippen molar-refractivity contribution >= 4 is 16.9 Å². The molecular formula is C20H27N3O4. The van der Waals surface area contributed by atoms with Crippen LogP contribution >= 0.6 is 0 Å². The van der Waals surface area contributed by atoms with E-state index in [1.165, 1.54) is 0 Å². The Morgan fingerprint density at radius 1 is 1.41 bits per heavy atom. The number of imidazole rings is 1. The van der Waals surface area contributed by atoms with Crippen molar-refractivity contribution in [2.75, 3.05) is 13.2 Å². The van der Waals surface area contributed by atoms with E-state index in [-0.39, 0.29) is 36.7 Å². The summed E-state index contributed by atoms with van der Waals surface area (Å²) < 4.78 is 11.5. The molecular weight excluding hydrogens is 346 g/mol. The first-order valence-electron chi connectivity index (χ1n) is 9.45. The third-order valence-corrected chi connectivity index (χ3v) is 4.79. The number of fused-ring (bicyclic) bond motifs is 1. The van der Waals surface area contributed by atoms with Crippen LogP contribution in [0.3, 0.4) is 0 Å². The van der Waals surface area contributed by atoms with Gasteiger partial charge in [0, 0.05) is 19.1 Å². The molecule has 0 unspecified atom stereocenters. The summed E-state index contributed by atoms with van der Waals surface area (Å²) in [6, 6.07) is 7.73. The number of aromatic amines is 1. The van der Waals surface area contributed by atoms with Gasteiger partial charge in [0.1, 0.15) is 5.82 Å². The van der Waals surface area contributed by atoms with Crippen LogP contribution in [0.15, 0.2) is 36.1 Å². The summed E-state index contributed by atoms with van der Waals surface area (Å²) in [5.41, 5.74) is 1.80. The molecule has 0 saturated carbocycles. The molecule has 1 aromatic heterocycles. The standard InChI is InChI=1S/C20H27N3O4/c1-3-26-20-14(7-6-10-24)13(2)11-17(27-20)19(25)21-12-18-22-15-8-4-5-9-16(15)23-18/h4-5,8-9,11,13-14,20,24H,3,6-7,10,12H2,1-2H3,(H,21,25)(H,22,23)/t13-,14-,20+/m1/s1. The van der Waals surface area contributed by atoms with Crippen LogP contribution in [0.1, 0.15) is 32.5 Å². The van der Waals surface area contributed by atoms with Gasteiger partial charge in [-0.1, -0.05) is 19.1 Å². The Balaban J connectivity index is 1.64. The Kier molecular flexibility index (Phi) is 6.47. The van der Waals surface area contributed by atoms with Gasteiger partial charge in [-0.05, 0) is 43.9 Å². The molecule has 2 heterocycles. The number of hydrogen-bond acceptors (Lipinski definition) is 5. The van der Waals surface area contributed by atoms with Crippen molar-refractivity contribution in [3.8, 4) is 0 Å². The lowest BCUT2D eigenvalue weighted by atomic mass is 9.87. The number of amides is 1. The molecule has 0 fully saturated rings. The summed E-state index contributed by atoms with van der Waals surface area (Å²) in [4.78, 5) is 20.2. The van der Waals surface area contributed by atoms with Crippen LogP contribution in [-0.4, -0.2) is 40.5 Å². The van der Waals surface area contributed by atoms with E-state index in [1.807, 2.05) is 44.2 Å². The Morgan fingerprint density at radius 3 is 2.96 bits per heavy atom. The van der Waals surface area contributed by atoms with Crippen molar-refractivity contribution in [1.29, 1.82) is 0 Å². The first-order chi connectivity index (χ1) is 13.1. The fourth-order valence-corrected chi connectivity index (χ4v) is 3.38. The van der Waals surface area contributed by atoms with E-state index in [4.69, 9.17) is 14.6 Å². The number of aliphatic hydroxyl groups is 1. The predicted octanol–water partition coefficient (Wildman–Crippen LogP) is 2.48. The molecule has 0 spiro atoms. The van der Waals surface area contributed by atoms with Gasteiger partial charge in [0.25, 0.3) is 5.91 Å². The number of benzene rings is 1. The van der Waals surface area contributed by atoms with E-state index in [2.05, 4.69) is 15.3 Å². The number of aromatic nitrogens is 2. The van der Waals surface area contributed by atoms with Gasteiger partial charge in [-0.3, -0.25) is 4.79 Å². The van der Waals surface area contributed by atoms with Crippen LogP contribution in [0.5, 0.6) is 0 Å². The minimum absolute atomic E-state index is 0.115. The van der Waals surface area contributed by atoms with Gasteiger partial charge in [0.05, 0.1) is 17.6 Å². The average molecular weight is 373 g/mol. The number of nitrogens with zero attached hydrogens (tertiary/aromatic N) is 1. The van der Waals surface area contributed by atoms with Crippen molar-refractivity contribution in [3.05, 3.63) is 41.9 Å². The van der Waals surface area contributed by atoms with Crippen LogP contribution in [0.4, 0.5) is 0 Å². The van der Waals surface area contributed by atoms with Gasteiger partial charge in [-0.2, -0.15) is 0 Å². The number of aliphatic hydroxyl groups excluding tert-OH is 1. The minimum atomic E-state index is -0.478. The van der Waals surface area contributed by atoms with Crippen molar-refractivity contribution < 1.29 is 19.4 Å². The molecule has 0 bridgehead atoms. The molecule has 0 radical (unpaired) electrons. The topological polar surface area (TPSA) is 96.5 Å². The lowest BCUT2D eigenvalue weighted by Gasteiger charge is -2.35. The van der Waals surface area contributed by atoms with Gasteiger partial charge >= 0.3 is 0 Å². The quantitative estimate of drug-likeness (QED) is 0.661. The number of ether oxygens (including phenoxy) is 2.